The second-order valence-corrected chi connectivity index (χ2v) is 4.34. The Balaban J connectivity index is 0.000000956. The number of nitrogens with two attached hydrogens (primary N) is 1. The molecule has 0 atom stereocenters. The highest BCUT2D eigenvalue weighted by atomic mass is 16.1. The number of nitrogens with one attached hydrogen (secondary N) is 1. The van der Waals surface area contributed by atoms with Gasteiger partial charge < -0.3 is 11.1 Å². The number of nitrogen functional groups attached to an aromatic ring is 1. The molecule has 2 aromatic rings. The summed E-state index contributed by atoms with van der Waals surface area (Å²) < 4.78 is 0. The summed E-state index contributed by atoms with van der Waals surface area (Å²) >= 11 is 0. The lowest BCUT2D eigenvalue weighted by Crippen LogP contribution is -2.13. The third-order valence-electron chi connectivity index (χ3n) is 2.89. The Morgan fingerprint density at radius 3 is 1.95 bits per heavy atom. The zero-order valence-electron chi connectivity index (χ0n) is 12.5. The van der Waals surface area contributed by atoms with E-state index < -0.39 is 0 Å². The van der Waals surface area contributed by atoms with Gasteiger partial charge in [0.05, 0.1) is 0 Å². The van der Waals surface area contributed by atoms with Gasteiger partial charge in [0.1, 0.15) is 0 Å². The van der Waals surface area contributed by atoms with E-state index in [0.29, 0.717) is 11.3 Å². The molecule has 0 spiro atoms. The molecule has 0 saturated heterocycles. The standard InChI is InChI=1S/C15H16N2O.C2H6/c1-10-4-3-5-11(2)14(10)17-15(18)12-6-8-13(16)9-7-12;1-2/h3-9H,16H2,1-2H3,(H,17,18);1-2H3. The first kappa shape index (κ1) is 15.8. The number of anilines is 2. The van der Waals surface area contributed by atoms with Gasteiger partial charge in [-0.1, -0.05) is 32.0 Å². The molecule has 0 radical (unpaired) electrons. The largest absolute Gasteiger partial charge is 0.399 e. The highest BCUT2D eigenvalue weighted by Crippen LogP contribution is 2.20. The Labute approximate surface area is 120 Å². The fourth-order valence-corrected chi connectivity index (χ4v) is 1.83. The van der Waals surface area contributed by atoms with E-state index >= 15 is 0 Å². The minimum absolute atomic E-state index is 0.118. The van der Waals surface area contributed by atoms with Crippen LogP contribution in [0.5, 0.6) is 0 Å². The van der Waals surface area contributed by atoms with Gasteiger partial charge in [-0.05, 0) is 49.2 Å². The van der Waals surface area contributed by atoms with Gasteiger partial charge in [-0.15, -0.1) is 0 Å². The summed E-state index contributed by atoms with van der Waals surface area (Å²) in [5, 5.41) is 2.93. The molecule has 2 rings (SSSR count). The molecule has 0 aliphatic heterocycles. The van der Waals surface area contributed by atoms with Crippen LogP contribution in [0.1, 0.15) is 35.3 Å². The summed E-state index contributed by atoms with van der Waals surface area (Å²) in [6, 6.07) is 12.8. The molecule has 0 saturated carbocycles. The molecule has 2 aromatic carbocycles. The Kier molecular flexibility index (Phi) is 5.78. The Bertz CT molecular complexity index is 554. The van der Waals surface area contributed by atoms with Crippen molar-refractivity contribution in [1.29, 1.82) is 0 Å². The van der Waals surface area contributed by atoms with Crippen LogP contribution < -0.4 is 11.1 Å². The first-order chi connectivity index (χ1) is 9.58. The smallest absolute Gasteiger partial charge is 0.255 e. The van der Waals surface area contributed by atoms with Crippen LogP contribution in [0.25, 0.3) is 0 Å². The average Bonchev–Trinajstić information content (AvgIpc) is 2.46. The normalized spacial score (nSPS) is 9.40. The van der Waals surface area contributed by atoms with Crippen LogP contribution in [-0.2, 0) is 0 Å². The first-order valence-corrected chi connectivity index (χ1v) is 6.81. The summed E-state index contributed by atoms with van der Waals surface area (Å²) in [4.78, 5) is 12.1. The van der Waals surface area contributed by atoms with Crippen LogP contribution in [0, 0.1) is 13.8 Å². The Morgan fingerprint density at radius 2 is 1.45 bits per heavy atom. The van der Waals surface area contributed by atoms with Crippen LogP contribution in [0.3, 0.4) is 0 Å². The Morgan fingerprint density at radius 1 is 0.950 bits per heavy atom. The van der Waals surface area contributed by atoms with Crippen molar-refractivity contribution >= 4 is 17.3 Å². The van der Waals surface area contributed by atoms with Crippen LogP contribution >= 0.6 is 0 Å². The fourth-order valence-electron chi connectivity index (χ4n) is 1.83. The molecule has 106 valence electrons. The number of carbonyl (C=O) groups is 1. The van der Waals surface area contributed by atoms with E-state index in [-0.39, 0.29) is 5.91 Å². The van der Waals surface area contributed by atoms with Crippen LogP contribution in [0.4, 0.5) is 11.4 Å². The van der Waals surface area contributed by atoms with E-state index in [1.807, 2.05) is 45.9 Å². The summed E-state index contributed by atoms with van der Waals surface area (Å²) in [7, 11) is 0. The summed E-state index contributed by atoms with van der Waals surface area (Å²) in [6.45, 7) is 7.96. The van der Waals surface area contributed by atoms with Gasteiger partial charge in [0.25, 0.3) is 5.91 Å². The average molecular weight is 270 g/mol. The summed E-state index contributed by atoms with van der Waals surface area (Å²) in [5.41, 5.74) is 9.83. The third-order valence-corrected chi connectivity index (χ3v) is 2.89. The van der Waals surface area contributed by atoms with Crippen molar-refractivity contribution in [2.24, 2.45) is 0 Å². The van der Waals surface area contributed by atoms with Crippen LogP contribution in [-0.4, -0.2) is 5.91 Å². The maximum absolute atomic E-state index is 12.1. The lowest BCUT2D eigenvalue weighted by atomic mass is 10.1. The van der Waals surface area contributed by atoms with Crippen molar-refractivity contribution < 1.29 is 4.79 Å². The monoisotopic (exact) mass is 270 g/mol. The molecule has 3 N–H and O–H groups in total. The van der Waals surface area contributed by atoms with E-state index in [9.17, 15) is 4.79 Å². The van der Waals surface area contributed by atoms with Crippen molar-refractivity contribution in [2.45, 2.75) is 27.7 Å². The van der Waals surface area contributed by atoms with Gasteiger partial charge in [-0.3, -0.25) is 4.79 Å². The zero-order chi connectivity index (χ0) is 15.1. The quantitative estimate of drug-likeness (QED) is 0.805. The SMILES string of the molecule is CC.Cc1cccc(C)c1NC(=O)c1ccc(N)cc1. The molecule has 1 amide bonds. The highest BCUT2D eigenvalue weighted by Gasteiger charge is 2.08. The molecule has 0 aliphatic rings. The summed E-state index contributed by atoms with van der Waals surface area (Å²) in [5.74, 6) is -0.118. The number of rotatable bonds is 2. The maximum atomic E-state index is 12.1. The molecule has 20 heavy (non-hydrogen) atoms. The van der Waals surface area contributed by atoms with E-state index in [4.69, 9.17) is 5.73 Å². The molecule has 0 fully saturated rings. The minimum Gasteiger partial charge on any atom is -0.399 e. The second-order valence-electron chi connectivity index (χ2n) is 4.34. The van der Waals surface area contributed by atoms with E-state index in [1.165, 1.54) is 0 Å². The van der Waals surface area contributed by atoms with Crippen LogP contribution in [0.15, 0.2) is 42.5 Å². The van der Waals surface area contributed by atoms with Crippen LogP contribution in [0.2, 0.25) is 0 Å². The number of amides is 1. The first-order valence-electron chi connectivity index (χ1n) is 6.81. The van der Waals surface area contributed by atoms with E-state index in [1.54, 1.807) is 24.3 Å². The second kappa shape index (κ2) is 7.34. The Hall–Kier alpha value is -2.29. The summed E-state index contributed by atoms with van der Waals surface area (Å²) in [6.07, 6.45) is 0. The molecule has 0 aliphatic carbocycles. The predicted molar refractivity (Wildman–Crippen MR) is 86.1 cm³/mol. The molecule has 0 unspecified atom stereocenters. The molecule has 0 bridgehead atoms. The van der Waals surface area contributed by atoms with Gasteiger partial charge in [-0.2, -0.15) is 0 Å². The number of hydrogen-bond acceptors (Lipinski definition) is 2. The third kappa shape index (κ3) is 3.85. The fraction of sp³-hybridized carbons (Fsp3) is 0.235. The van der Waals surface area contributed by atoms with Crippen molar-refractivity contribution in [3.63, 3.8) is 0 Å². The highest BCUT2D eigenvalue weighted by molar-refractivity contribution is 6.05. The minimum atomic E-state index is -0.118. The van der Waals surface area contributed by atoms with Gasteiger partial charge in [-0.25, -0.2) is 0 Å². The number of benzene rings is 2. The molecule has 0 aromatic heterocycles. The lowest BCUT2D eigenvalue weighted by molar-refractivity contribution is 0.102. The lowest BCUT2D eigenvalue weighted by Gasteiger charge is -2.11. The molecule has 0 heterocycles. The van der Waals surface area contributed by atoms with Crippen molar-refractivity contribution in [3.05, 3.63) is 59.2 Å². The molecule has 3 nitrogen and oxygen atoms in total. The van der Waals surface area contributed by atoms with E-state index in [0.717, 1.165) is 16.8 Å². The van der Waals surface area contributed by atoms with Gasteiger partial charge in [0, 0.05) is 16.9 Å². The topological polar surface area (TPSA) is 55.1 Å². The molecular formula is C17H22N2O. The number of aryl methyl sites for hydroxylation is 2. The van der Waals surface area contributed by atoms with E-state index in [2.05, 4.69) is 5.32 Å². The number of hydrogen-bond donors (Lipinski definition) is 2. The zero-order valence-corrected chi connectivity index (χ0v) is 12.5. The molecular weight excluding hydrogens is 248 g/mol. The predicted octanol–water partition coefficient (Wildman–Crippen LogP) is 4.16. The van der Waals surface area contributed by atoms with Gasteiger partial charge in [0.15, 0.2) is 0 Å². The molecule has 3 heteroatoms. The van der Waals surface area contributed by atoms with Crippen molar-refractivity contribution in [1.82, 2.24) is 0 Å². The van der Waals surface area contributed by atoms with Crippen molar-refractivity contribution in [2.75, 3.05) is 11.1 Å². The number of para-hydroxylation sites is 1. The van der Waals surface area contributed by atoms with Crippen molar-refractivity contribution in [3.8, 4) is 0 Å². The maximum Gasteiger partial charge on any atom is 0.255 e. The van der Waals surface area contributed by atoms with Gasteiger partial charge >= 0.3 is 0 Å². The number of carbonyl (C=O) groups excluding carboxylic acids is 1. The van der Waals surface area contributed by atoms with Gasteiger partial charge in [0.2, 0.25) is 0 Å².